The third-order valence-electron chi connectivity index (χ3n) is 3.03. The fraction of sp³-hybridized carbons (Fsp3) is 0.600. The molecule has 0 aromatic rings. The van der Waals surface area contributed by atoms with Crippen molar-refractivity contribution < 1.29 is 9.59 Å². The van der Waals surface area contributed by atoms with Crippen molar-refractivity contribution in [3.05, 3.63) is 11.6 Å². The summed E-state index contributed by atoms with van der Waals surface area (Å²) in [6.07, 6.45) is 7.94. The fourth-order valence-electron chi connectivity index (χ4n) is 2.48. The van der Waals surface area contributed by atoms with Gasteiger partial charge in [-0.05, 0) is 24.8 Å². The molecule has 1 saturated carbocycles. The van der Waals surface area contributed by atoms with Crippen LogP contribution in [0.3, 0.4) is 0 Å². The van der Waals surface area contributed by atoms with Crippen molar-refractivity contribution in [1.82, 2.24) is 0 Å². The maximum atomic E-state index is 10.2. The predicted molar refractivity (Wildman–Crippen MR) is 49.2 cm³/mol. The number of carbonyl (C=O) groups excluding carboxylic acids is 2. The number of isocyanates is 2. The third kappa shape index (κ3) is 1.35. The van der Waals surface area contributed by atoms with Crippen molar-refractivity contribution in [2.75, 3.05) is 0 Å². The lowest BCUT2D eigenvalue weighted by atomic mass is 10.0. The molecule has 3 atom stereocenters. The lowest BCUT2D eigenvalue weighted by molar-refractivity contribution is 0.505. The second-order valence-electron chi connectivity index (χ2n) is 3.65. The zero-order valence-corrected chi connectivity index (χ0v) is 7.64. The molecule has 0 aliphatic heterocycles. The molecule has 0 aromatic heterocycles. The topological polar surface area (TPSA) is 58.9 Å². The first-order valence-electron chi connectivity index (χ1n) is 4.70. The lowest BCUT2D eigenvalue weighted by Gasteiger charge is -2.08. The van der Waals surface area contributed by atoms with Crippen molar-refractivity contribution in [1.29, 1.82) is 0 Å². The molecule has 4 heteroatoms. The van der Waals surface area contributed by atoms with Gasteiger partial charge in [0.1, 0.15) is 0 Å². The Bertz CT molecular complexity index is 362. The van der Waals surface area contributed by atoms with Crippen molar-refractivity contribution >= 4 is 12.2 Å². The molecular formula is C10H10N2O2. The van der Waals surface area contributed by atoms with Crippen LogP contribution >= 0.6 is 0 Å². The zero-order valence-electron chi connectivity index (χ0n) is 7.64. The van der Waals surface area contributed by atoms with Gasteiger partial charge < -0.3 is 0 Å². The van der Waals surface area contributed by atoms with Gasteiger partial charge in [0.2, 0.25) is 12.2 Å². The Morgan fingerprint density at radius 1 is 1.29 bits per heavy atom. The highest BCUT2D eigenvalue weighted by Crippen LogP contribution is 2.42. The summed E-state index contributed by atoms with van der Waals surface area (Å²) >= 11 is 0. The van der Waals surface area contributed by atoms with Gasteiger partial charge in [-0.15, -0.1) is 0 Å². The quantitative estimate of drug-likeness (QED) is 0.372. The first-order chi connectivity index (χ1) is 6.86. The first kappa shape index (κ1) is 9.07. The Hall–Kier alpha value is -1.50. The number of hydrogen-bond acceptors (Lipinski definition) is 4. The van der Waals surface area contributed by atoms with E-state index < -0.39 is 0 Å². The van der Waals surface area contributed by atoms with E-state index in [9.17, 15) is 9.59 Å². The monoisotopic (exact) mass is 190 g/mol. The molecule has 2 aliphatic rings. The van der Waals surface area contributed by atoms with Gasteiger partial charge in [-0.25, -0.2) is 14.6 Å². The van der Waals surface area contributed by atoms with E-state index in [-0.39, 0.29) is 12.1 Å². The average Bonchev–Trinajstić information content (AvgIpc) is 2.72. The van der Waals surface area contributed by atoms with Crippen LogP contribution < -0.4 is 0 Å². The highest BCUT2D eigenvalue weighted by molar-refractivity contribution is 5.40. The van der Waals surface area contributed by atoms with Gasteiger partial charge in [-0.3, -0.25) is 0 Å². The number of rotatable bonds is 2. The number of hydrogen-bond donors (Lipinski definition) is 0. The van der Waals surface area contributed by atoms with E-state index in [1.807, 2.05) is 0 Å². The van der Waals surface area contributed by atoms with Crippen LogP contribution in [0.2, 0.25) is 0 Å². The summed E-state index contributed by atoms with van der Waals surface area (Å²) in [5, 5.41) is 0. The van der Waals surface area contributed by atoms with Crippen molar-refractivity contribution in [3.8, 4) is 0 Å². The highest BCUT2D eigenvalue weighted by atomic mass is 16.1. The van der Waals surface area contributed by atoms with Gasteiger partial charge in [-0.2, -0.15) is 4.99 Å². The van der Waals surface area contributed by atoms with Crippen LogP contribution in [-0.2, 0) is 9.59 Å². The fourth-order valence-corrected chi connectivity index (χ4v) is 2.48. The molecule has 1 fully saturated rings. The minimum atomic E-state index is -0.0953. The first-order valence-corrected chi connectivity index (χ1v) is 4.70. The smallest absolute Gasteiger partial charge is 0.211 e. The van der Waals surface area contributed by atoms with Crippen molar-refractivity contribution in [3.63, 3.8) is 0 Å². The van der Waals surface area contributed by atoms with Crippen molar-refractivity contribution in [2.24, 2.45) is 15.9 Å². The molecule has 0 N–H and O–H groups in total. The summed E-state index contributed by atoms with van der Waals surface area (Å²) in [4.78, 5) is 27.9. The summed E-state index contributed by atoms with van der Waals surface area (Å²) in [5.41, 5.74) is 1.16. The molecule has 2 aliphatic carbocycles. The van der Waals surface area contributed by atoms with Gasteiger partial charge in [-0.1, -0.05) is 6.08 Å². The second-order valence-corrected chi connectivity index (χ2v) is 3.65. The minimum absolute atomic E-state index is 0.0247. The molecule has 4 nitrogen and oxygen atoms in total. The standard InChI is InChI=1S/C10H10N2O2/c13-5-11-9-4-10(12-6-14)8-3-1-2-7(8)9/h2,8-10H,1,3-4H2. The third-order valence-corrected chi connectivity index (χ3v) is 3.03. The molecule has 0 spiro atoms. The average molecular weight is 190 g/mol. The molecule has 0 amide bonds. The molecule has 14 heavy (non-hydrogen) atoms. The molecular weight excluding hydrogens is 180 g/mol. The van der Waals surface area contributed by atoms with E-state index in [2.05, 4.69) is 16.1 Å². The van der Waals surface area contributed by atoms with Crippen LogP contribution in [0.4, 0.5) is 0 Å². The summed E-state index contributed by atoms with van der Waals surface area (Å²) in [7, 11) is 0. The Balaban J connectivity index is 2.26. The van der Waals surface area contributed by atoms with E-state index in [1.54, 1.807) is 12.2 Å². The zero-order chi connectivity index (χ0) is 9.97. The minimum Gasteiger partial charge on any atom is -0.211 e. The highest BCUT2D eigenvalue weighted by Gasteiger charge is 2.40. The summed E-state index contributed by atoms with van der Waals surface area (Å²) in [6.45, 7) is 0. The molecule has 0 radical (unpaired) electrons. The summed E-state index contributed by atoms with van der Waals surface area (Å²) in [6, 6.07) is -0.120. The van der Waals surface area contributed by atoms with E-state index in [1.165, 1.54) is 0 Å². The maximum Gasteiger partial charge on any atom is 0.235 e. The maximum absolute atomic E-state index is 10.2. The van der Waals surface area contributed by atoms with E-state index >= 15 is 0 Å². The van der Waals surface area contributed by atoms with Crippen LogP contribution in [0, 0.1) is 5.92 Å². The second kappa shape index (κ2) is 3.70. The molecule has 72 valence electrons. The number of aliphatic imine (C=N–C) groups is 2. The Morgan fingerprint density at radius 3 is 2.79 bits per heavy atom. The molecule has 0 aromatic carbocycles. The van der Waals surface area contributed by atoms with Crippen LogP contribution in [-0.4, -0.2) is 24.2 Å². The molecule has 0 heterocycles. The van der Waals surface area contributed by atoms with Crippen LogP contribution in [0.15, 0.2) is 21.6 Å². The molecule has 3 unspecified atom stereocenters. The Labute approximate surface area is 81.4 Å². The van der Waals surface area contributed by atoms with Gasteiger partial charge in [0.15, 0.2) is 0 Å². The summed E-state index contributed by atoms with van der Waals surface area (Å²) < 4.78 is 0. The Kier molecular flexibility index (Phi) is 2.40. The van der Waals surface area contributed by atoms with Crippen molar-refractivity contribution in [2.45, 2.75) is 31.3 Å². The largest absolute Gasteiger partial charge is 0.235 e. The lowest BCUT2D eigenvalue weighted by Crippen LogP contribution is -2.09. The van der Waals surface area contributed by atoms with E-state index in [4.69, 9.17) is 0 Å². The molecule has 0 bridgehead atoms. The summed E-state index contributed by atoms with van der Waals surface area (Å²) in [5.74, 6) is 0.304. The van der Waals surface area contributed by atoms with Gasteiger partial charge in [0.25, 0.3) is 0 Å². The van der Waals surface area contributed by atoms with Gasteiger partial charge in [0.05, 0.1) is 12.1 Å². The van der Waals surface area contributed by atoms with E-state index in [0.717, 1.165) is 18.4 Å². The molecule has 0 saturated heterocycles. The number of nitrogens with zero attached hydrogens (tertiary/aromatic N) is 2. The van der Waals surface area contributed by atoms with E-state index in [0.29, 0.717) is 12.3 Å². The normalized spacial score (nSPS) is 34.0. The SMILES string of the molecule is O=C=NC1CC(N=C=O)C2CCC=C12. The number of allylic oxidation sites excluding steroid dienone is 1. The molecule has 2 rings (SSSR count). The number of fused-ring (bicyclic) bond motifs is 1. The van der Waals surface area contributed by atoms with Gasteiger partial charge >= 0.3 is 0 Å². The van der Waals surface area contributed by atoms with Crippen LogP contribution in [0.5, 0.6) is 0 Å². The van der Waals surface area contributed by atoms with Crippen LogP contribution in [0.1, 0.15) is 19.3 Å². The van der Waals surface area contributed by atoms with Gasteiger partial charge in [0, 0.05) is 5.92 Å². The predicted octanol–water partition coefficient (Wildman–Crippen LogP) is 1.14. The Morgan fingerprint density at radius 2 is 2.07 bits per heavy atom. The van der Waals surface area contributed by atoms with Crippen LogP contribution in [0.25, 0.3) is 0 Å².